The number of benzene rings is 1. The van der Waals surface area contributed by atoms with Crippen LogP contribution >= 0.6 is 11.8 Å². The summed E-state index contributed by atoms with van der Waals surface area (Å²) in [4.78, 5) is 48.8. The van der Waals surface area contributed by atoms with Gasteiger partial charge in [-0.15, -0.1) is 0 Å². The number of carbonyl (C=O) groups excluding carboxylic acids is 4. The Kier molecular flexibility index (Phi) is 5.88. The van der Waals surface area contributed by atoms with Gasteiger partial charge in [-0.05, 0) is 37.7 Å². The Labute approximate surface area is 170 Å². The third kappa shape index (κ3) is 4.09. The topological polar surface area (TPSA) is 117 Å². The summed E-state index contributed by atoms with van der Waals surface area (Å²) in [7, 11) is 0. The number of imide groups is 1. The molecule has 0 saturated carbocycles. The van der Waals surface area contributed by atoms with E-state index in [1.54, 1.807) is 37.3 Å². The molecule has 1 aromatic carbocycles. The van der Waals surface area contributed by atoms with Crippen molar-refractivity contribution < 1.29 is 33.4 Å². The van der Waals surface area contributed by atoms with Crippen LogP contribution in [0.15, 0.2) is 45.7 Å². The maximum absolute atomic E-state index is 12.6. The van der Waals surface area contributed by atoms with Gasteiger partial charge in [0.1, 0.15) is 17.6 Å². The summed E-state index contributed by atoms with van der Waals surface area (Å²) in [5.41, 5.74) is 0.299. The molecule has 2 heterocycles. The van der Waals surface area contributed by atoms with Crippen molar-refractivity contribution in [3.63, 3.8) is 0 Å². The molecule has 1 aliphatic heterocycles. The van der Waals surface area contributed by atoms with Gasteiger partial charge in [-0.3, -0.25) is 14.5 Å². The minimum Gasteiger partial charge on any atom is -0.545 e. The standard InChI is InChI=1S/C20H17NO7S/c1-3-27-19(25)11(2)21-17(22)16(29-20(21)26)10-12-8-9-15(28-12)13-6-4-5-7-14(13)18(23)24/h4-11H,3H2,1-2H3,(H,23,24)/p-1/b16-10+/t11-/m1/s1. The fourth-order valence-electron chi connectivity index (χ4n) is 2.76. The second kappa shape index (κ2) is 8.36. The van der Waals surface area contributed by atoms with Crippen molar-refractivity contribution in [3.8, 4) is 11.3 Å². The van der Waals surface area contributed by atoms with Crippen LogP contribution in [0, 0.1) is 0 Å². The summed E-state index contributed by atoms with van der Waals surface area (Å²) in [6.45, 7) is 3.18. The molecular weight excluding hydrogens is 398 g/mol. The molecule has 8 nitrogen and oxygen atoms in total. The Morgan fingerprint density at radius 1 is 1.24 bits per heavy atom. The minimum atomic E-state index is -1.34. The number of amides is 2. The average Bonchev–Trinajstić information content (AvgIpc) is 3.26. The Hall–Kier alpha value is -3.33. The van der Waals surface area contributed by atoms with E-state index in [2.05, 4.69) is 0 Å². The third-order valence-electron chi connectivity index (χ3n) is 4.15. The molecule has 2 amide bonds. The van der Waals surface area contributed by atoms with Crippen molar-refractivity contribution in [1.29, 1.82) is 0 Å². The maximum atomic E-state index is 12.6. The number of furan rings is 1. The number of carbonyl (C=O) groups is 4. The number of carboxylic acid groups (broad SMARTS) is 1. The molecule has 1 aromatic heterocycles. The summed E-state index contributed by atoms with van der Waals surface area (Å²) in [6, 6.07) is 8.25. The van der Waals surface area contributed by atoms with E-state index in [4.69, 9.17) is 9.15 Å². The number of hydrogen-bond acceptors (Lipinski definition) is 8. The molecule has 0 N–H and O–H groups in total. The van der Waals surface area contributed by atoms with Crippen molar-refractivity contribution in [3.05, 3.63) is 52.6 Å². The van der Waals surface area contributed by atoms with Gasteiger partial charge in [0.15, 0.2) is 0 Å². The van der Waals surface area contributed by atoms with Crippen molar-refractivity contribution in [2.45, 2.75) is 19.9 Å². The van der Waals surface area contributed by atoms with Crippen LogP contribution in [0.1, 0.15) is 30.0 Å². The highest BCUT2D eigenvalue weighted by molar-refractivity contribution is 8.18. The highest BCUT2D eigenvalue weighted by Gasteiger charge is 2.41. The first-order chi connectivity index (χ1) is 13.8. The monoisotopic (exact) mass is 414 g/mol. The van der Waals surface area contributed by atoms with E-state index in [1.165, 1.54) is 19.1 Å². The molecule has 150 valence electrons. The highest BCUT2D eigenvalue weighted by Crippen LogP contribution is 2.35. The lowest BCUT2D eigenvalue weighted by molar-refractivity contribution is -0.255. The summed E-state index contributed by atoms with van der Waals surface area (Å²) in [6.07, 6.45) is 1.37. The lowest BCUT2D eigenvalue weighted by Gasteiger charge is -2.19. The van der Waals surface area contributed by atoms with Gasteiger partial charge >= 0.3 is 5.97 Å². The highest BCUT2D eigenvalue weighted by atomic mass is 32.2. The zero-order valence-corrected chi connectivity index (χ0v) is 16.4. The molecule has 0 spiro atoms. The van der Waals surface area contributed by atoms with Crippen molar-refractivity contribution >= 4 is 40.9 Å². The maximum Gasteiger partial charge on any atom is 0.329 e. The predicted molar refractivity (Wildman–Crippen MR) is 102 cm³/mol. The van der Waals surface area contributed by atoms with Crippen LogP contribution < -0.4 is 5.11 Å². The van der Waals surface area contributed by atoms with Gasteiger partial charge in [-0.1, -0.05) is 24.3 Å². The predicted octanol–water partition coefficient (Wildman–Crippen LogP) is 2.30. The molecule has 9 heteroatoms. The summed E-state index contributed by atoms with van der Waals surface area (Å²) < 4.78 is 10.5. The van der Waals surface area contributed by atoms with Crippen LogP contribution in [-0.2, 0) is 14.3 Å². The molecule has 0 unspecified atom stereocenters. The largest absolute Gasteiger partial charge is 0.545 e. The van der Waals surface area contributed by atoms with Crippen LogP contribution in [0.2, 0.25) is 0 Å². The number of nitrogens with zero attached hydrogens (tertiary/aromatic N) is 1. The van der Waals surface area contributed by atoms with E-state index in [-0.39, 0.29) is 28.6 Å². The quantitative estimate of drug-likeness (QED) is 0.522. The fraction of sp³-hybridized carbons (Fsp3) is 0.200. The summed E-state index contributed by atoms with van der Waals surface area (Å²) >= 11 is 0.680. The number of hydrogen-bond donors (Lipinski definition) is 0. The SMILES string of the molecule is CCOC(=O)[C@@H](C)N1C(=O)S/C(=C/c2ccc(-c3ccccc3C(=O)[O-])o2)C1=O. The van der Waals surface area contributed by atoms with E-state index in [0.29, 0.717) is 17.3 Å². The summed E-state index contributed by atoms with van der Waals surface area (Å²) in [5.74, 6) is -2.12. The molecular formula is C20H16NO7S-. The van der Waals surface area contributed by atoms with Crippen molar-refractivity contribution in [2.24, 2.45) is 0 Å². The van der Waals surface area contributed by atoms with Gasteiger partial charge in [0.05, 0.1) is 17.5 Å². The molecule has 1 saturated heterocycles. The number of aromatic carboxylic acids is 1. The van der Waals surface area contributed by atoms with E-state index < -0.39 is 29.1 Å². The molecule has 29 heavy (non-hydrogen) atoms. The number of rotatable bonds is 6. The Morgan fingerprint density at radius 2 is 1.97 bits per heavy atom. The van der Waals surface area contributed by atoms with Crippen LogP contribution in [0.25, 0.3) is 17.4 Å². The fourth-order valence-corrected chi connectivity index (χ4v) is 3.65. The lowest BCUT2D eigenvalue weighted by atomic mass is 10.1. The molecule has 3 rings (SSSR count). The third-order valence-corrected chi connectivity index (χ3v) is 5.03. The summed E-state index contributed by atoms with van der Waals surface area (Å²) in [5, 5.41) is 10.7. The molecule has 1 fully saturated rings. The van der Waals surface area contributed by atoms with Gasteiger partial charge in [0.25, 0.3) is 11.1 Å². The molecule has 0 radical (unpaired) electrons. The molecule has 2 aromatic rings. The van der Waals surface area contributed by atoms with Crippen LogP contribution in [0.5, 0.6) is 0 Å². The van der Waals surface area contributed by atoms with Crippen LogP contribution in [0.3, 0.4) is 0 Å². The minimum absolute atomic E-state index is 0.0306. The van der Waals surface area contributed by atoms with E-state index in [9.17, 15) is 24.3 Å². The number of esters is 1. The molecule has 1 atom stereocenters. The first kappa shape index (κ1) is 20.4. The van der Waals surface area contributed by atoms with Crippen molar-refractivity contribution in [1.82, 2.24) is 4.90 Å². The van der Waals surface area contributed by atoms with Gasteiger partial charge in [0.2, 0.25) is 0 Å². The smallest absolute Gasteiger partial charge is 0.329 e. The van der Waals surface area contributed by atoms with Crippen molar-refractivity contribution in [2.75, 3.05) is 6.61 Å². The Bertz CT molecular complexity index is 1020. The van der Waals surface area contributed by atoms with E-state index in [1.807, 2.05) is 0 Å². The molecule has 0 bridgehead atoms. The normalized spacial score (nSPS) is 16.3. The number of thioether (sulfide) groups is 1. The molecule has 0 aliphatic carbocycles. The van der Waals surface area contributed by atoms with Crippen LogP contribution in [-0.4, -0.2) is 40.6 Å². The van der Waals surface area contributed by atoms with Gasteiger partial charge < -0.3 is 19.1 Å². The second-order valence-corrected chi connectivity index (χ2v) is 7.01. The lowest BCUT2D eigenvalue weighted by Crippen LogP contribution is -2.42. The Balaban J connectivity index is 1.86. The number of carboxylic acids is 1. The van der Waals surface area contributed by atoms with Gasteiger partial charge in [-0.2, -0.15) is 0 Å². The van der Waals surface area contributed by atoms with E-state index in [0.717, 1.165) is 4.90 Å². The second-order valence-electron chi connectivity index (χ2n) is 6.01. The first-order valence-corrected chi connectivity index (χ1v) is 9.49. The average molecular weight is 414 g/mol. The Morgan fingerprint density at radius 3 is 2.66 bits per heavy atom. The zero-order valence-electron chi connectivity index (χ0n) is 15.5. The van der Waals surface area contributed by atoms with Gasteiger partial charge in [-0.25, -0.2) is 4.79 Å². The zero-order chi connectivity index (χ0) is 21.1. The molecule has 1 aliphatic rings. The van der Waals surface area contributed by atoms with Gasteiger partial charge in [0, 0.05) is 17.2 Å². The number of ether oxygens (including phenoxy) is 1. The van der Waals surface area contributed by atoms with Crippen LogP contribution in [0.4, 0.5) is 4.79 Å². The van der Waals surface area contributed by atoms with E-state index >= 15 is 0 Å². The first-order valence-electron chi connectivity index (χ1n) is 8.67.